The zero-order valence-corrected chi connectivity index (χ0v) is 15.6. The number of anilines is 2. The van der Waals surface area contributed by atoms with Gasteiger partial charge in [0.1, 0.15) is 6.61 Å². The Hall–Kier alpha value is -2.99. The Morgan fingerprint density at radius 3 is 2.81 bits per heavy atom. The van der Waals surface area contributed by atoms with Crippen molar-refractivity contribution in [1.82, 2.24) is 4.98 Å². The van der Waals surface area contributed by atoms with E-state index in [4.69, 9.17) is 16.3 Å². The SMILES string of the molecule is C[C@H](Nc1ccc2c(c1)N(C)C(=O)OC2)c1cc2cc(Cl)ccc2[nH]c1=O. The number of halogens is 1. The number of amides is 1. The number of carbonyl (C=O) groups is 1. The molecule has 2 heterocycles. The van der Waals surface area contributed by atoms with Crippen LogP contribution in [0.25, 0.3) is 10.9 Å². The molecular weight excluding hydrogens is 366 g/mol. The Labute approximate surface area is 160 Å². The van der Waals surface area contributed by atoms with Crippen molar-refractivity contribution in [3.05, 3.63) is 69.0 Å². The number of aromatic nitrogens is 1. The van der Waals surface area contributed by atoms with E-state index < -0.39 is 0 Å². The summed E-state index contributed by atoms with van der Waals surface area (Å²) in [4.78, 5) is 28.6. The molecule has 0 bridgehead atoms. The number of hydrogen-bond donors (Lipinski definition) is 2. The summed E-state index contributed by atoms with van der Waals surface area (Å²) in [6.45, 7) is 2.18. The van der Waals surface area contributed by atoms with Gasteiger partial charge in [-0.05, 0) is 43.3 Å². The summed E-state index contributed by atoms with van der Waals surface area (Å²) in [5.74, 6) is 0. The van der Waals surface area contributed by atoms with Crippen molar-refractivity contribution in [1.29, 1.82) is 0 Å². The minimum Gasteiger partial charge on any atom is -0.444 e. The van der Waals surface area contributed by atoms with Gasteiger partial charge in [-0.15, -0.1) is 0 Å². The van der Waals surface area contributed by atoms with Gasteiger partial charge in [0.2, 0.25) is 0 Å². The standard InChI is InChI=1S/C20H18ClN3O3/c1-11(16-8-13-7-14(21)4-6-17(13)23-19(16)25)22-15-5-3-12-10-27-20(26)24(2)18(12)9-15/h3-9,11,22H,10H2,1-2H3,(H,23,25)/t11-/m0/s1. The third kappa shape index (κ3) is 3.24. The fourth-order valence-corrected chi connectivity index (χ4v) is 3.45. The molecule has 4 rings (SSSR count). The first-order valence-electron chi connectivity index (χ1n) is 8.55. The van der Waals surface area contributed by atoms with E-state index >= 15 is 0 Å². The summed E-state index contributed by atoms with van der Waals surface area (Å²) < 4.78 is 5.08. The van der Waals surface area contributed by atoms with E-state index in [0.29, 0.717) is 10.6 Å². The van der Waals surface area contributed by atoms with Gasteiger partial charge in [-0.3, -0.25) is 9.69 Å². The molecule has 7 heteroatoms. The number of ether oxygens (including phenoxy) is 1. The van der Waals surface area contributed by atoms with Crippen LogP contribution >= 0.6 is 11.6 Å². The smallest absolute Gasteiger partial charge is 0.414 e. The zero-order valence-electron chi connectivity index (χ0n) is 14.9. The largest absolute Gasteiger partial charge is 0.444 e. The first kappa shape index (κ1) is 17.4. The number of rotatable bonds is 3. The molecule has 1 aromatic heterocycles. The lowest BCUT2D eigenvalue weighted by Crippen LogP contribution is -2.31. The maximum atomic E-state index is 12.5. The van der Waals surface area contributed by atoms with E-state index in [1.54, 1.807) is 19.2 Å². The summed E-state index contributed by atoms with van der Waals surface area (Å²) in [6.07, 6.45) is -0.379. The topological polar surface area (TPSA) is 74.4 Å². The van der Waals surface area contributed by atoms with Crippen LogP contribution in [0.3, 0.4) is 0 Å². The third-order valence-electron chi connectivity index (χ3n) is 4.76. The number of hydrogen-bond acceptors (Lipinski definition) is 4. The fourth-order valence-electron chi connectivity index (χ4n) is 3.27. The monoisotopic (exact) mass is 383 g/mol. The number of benzene rings is 2. The van der Waals surface area contributed by atoms with Crippen LogP contribution in [0, 0.1) is 0 Å². The maximum Gasteiger partial charge on any atom is 0.414 e. The van der Waals surface area contributed by atoms with Crippen LogP contribution in [0.4, 0.5) is 16.2 Å². The second-order valence-corrected chi connectivity index (χ2v) is 7.04. The molecule has 0 aliphatic carbocycles. The quantitative estimate of drug-likeness (QED) is 0.701. The van der Waals surface area contributed by atoms with E-state index in [1.807, 2.05) is 37.3 Å². The second-order valence-electron chi connectivity index (χ2n) is 6.61. The molecule has 6 nitrogen and oxygen atoms in total. The lowest BCUT2D eigenvalue weighted by Gasteiger charge is -2.26. The molecule has 1 atom stereocenters. The van der Waals surface area contributed by atoms with Crippen LogP contribution in [-0.2, 0) is 11.3 Å². The molecule has 0 spiro atoms. The highest BCUT2D eigenvalue weighted by Crippen LogP contribution is 2.30. The van der Waals surface area contributed by atoms with E-state index in [9.17, 15) is 9.59 Å². The lowest BCUT2D eigenvalue weighted by atomic mass is 10.1. The molecule has 2 aromatic carbocycles. The van der Waals surface area contributed by atoms with Crippen LogP contribution < -0.4 is 15.8 Å². The van der Waals surface area contributed by atoms with E-state index in [0.717, 1.165) is 27.8 Å². The van der Waals surface area contributed by atoms with Crippen LogP contribution in [0.2, 0.25) is 5.02 Å². The highest BCUT2D eigenvalue weighted by atomic mass is 35.5. The molecule has 1 amide bonds. The van der Waals surface area contributed by atoms with Crippen molar-refractivity contribution >= 4 is 40.0 Å². The lowest BCUT2D eigenvalue weighted by molar-refractivity contribution is 0.143. The molecule has 27 heavy (non-hydrogen) atoms. The average molecular weight is 384 g/mol. The van der Waals surface area contributed by atoms with Crippen LogP contribution in [0.1, 0.15) is 24.1 Å². The van der Waals surface area contributed by atoms with Gasteiger partial charge < -0.3 is 15.0 Å². The van der Waals surface area contributed by atoms with Crippen molar-refractivity contribution < 1.29 is 9.53 Å². The van der Waals surface area contributed by atoms with Gasteiger partial charge in [-0.1, -0.05) is 17.7 Å². The Bertz CT molecular complexity index is 1110. The van der Waals surface area contributed by atoms with Gasteiger partial charge >= 0.3 is 6.09 Å². The zero-order chi connectivity index (χ0) is 19.1. The fraction of sp³-hybridized carbons (Fsp3) is 0.200. The second kappa shape index (κ2) is 6.63. The maximum absolute atomic E-state index is 12.5. The van der Waals surface area contributed by atoms with E-state index in [1.165, 1.54) is 4.90 Å². The molecule has 1 aliphatic rings. The third-order valence-corrected chi connectivity index (χ3v) is 4.99. The van der Waals surface area contributed by atoms with Crippen LogP contribution in [0.5, 0.6) is 0 Å². The number of H-pyrrole nitrogens is 1. The van der Waals surface area contributed by atoms with Crippen molar-refractivity contribution in [2.45, 2.75) is 19.6 Å². The predicted molar refractivity (Wildman–Crippen MR) is 107 cm³/mol. The number of fused-ring (bicyclic) bond motifs is 2. The number of cyclic esters (lactones) is 1. The summed E-state index contributed by atoms with van der Waals surface area (Å²) in [6, 6.07) is 12.7. The minimum atomic E-state index is -0.379. The van der Waals surface area contributed by atoms with E-state index in [2.05, 4.69) is 10.3 Å². The molecule has 1 aliphatic heterocycles. The Kier molecular flexibility index (Phi) is 4.28. The molecular formula is C20H18ClN3O3. The number of carbonyl (C=O) groups excluding carboxylic acids is 1. The summed E-state index contributed by atoms with van der Waals surface area (Å²) in [5.41, 5.74) is 3.75. The van der Waals surface area contributed by atoms with Crippen molar-refractivity contribution in [3.63, 3.8) is 0 Å². The Morgan fingerprint density at radius 2 is 2.00 bits per heavy atom. The number of aromatic amines is 1. The minimum absolute atomic E-state index is 0.150. The normalized spacial score (nSPS) is 14.6. The summed E-state index contributed by atoms with van der Waals surface area (Å²) in [5, 5.41) is 4.82. The van der Waals surface area contributed by atoms with Crippen LogP contribution in [0.15, 0.2) is 47.3 Å². The number of pyridine rings is 1. The summed E-state index contributed by atoms with van der Waals surface area (Å²) >= 11 is 6.06. The van der Waals surface area contributed by atoms with Crippen molar-refractivity contribution in [3.8, 4) is 0 Å². The Morgan fingerprint density at radius 1 is 1.19 bits per heavy atom. The van der Waals surface area contributed by atoms with Gasteiger partial charge in [0.15, 0.2) is 0 Å². The summed E-state index contributed by atoms with van der Waals surface area (Å²) in [7, 11) is 1.67. The molecule has 0 saturated heterocycles. The molecule has 0 radical (unpaired) electrons. The molecule has 0 saturated carbocycles. The molecule has 0 fully saturated rings. The molecule has 0 unspecified atom stereocenters. The predicted octanol–water partition coefficient (Wildman–Crippen LogP) is 4.44. The first-order valence-corrected chi connectivity index (χ1v) is 8.92. The van der Waals surface area contributed by atoms with Gasteiger partial charge in [0.05, 0.1) is 11.7 Å². The number of nitrogens with zero attached hydrogens (tertiary/aromatic N) is 1. The molecule has 3 aromatic rings. The van der Waals surface area contributed by atoms with Gasteiger partial charge in [0.25, 0.3) is 5.56 Å². The van der Waals surface area contributed by atoms with E-state index in [-0.39, 0.29) is 24.3 Å². The van der Waals surface area contributed by atoms with Crippen molar-refractivity contribution in [2.24, 2.45) is 0 Å². The van der Waals surface area contributed by atoms with Crippen molar-refractivity contribution in [2.75, 3.05) is 17.3 Å². The molecule has 138 valence electrons. The Balaban J connectivity index is 1.65. The highest BCUT2D eigenvalue weighted by molar-refractivity contribution is 6.31. The van der Waals surface area contributed by atoms with Crippen LogP contribution in [-0.4, -0.2) is 18.1 Å². The average Bonchev–Trinajstić information content (AvgIpc) is 2.65. The van der Waals surface area contributed by atoms with Gasteiger partial charge in [0, 0.05) is 39.8 Å². The first-order chi connectivity index (χ1) is 12.9. The van der Waals surface area contributed by atoms with Gasteiger partial charge in [-0.25, -0.2) is 4.79 Å². The number of nitrogens with one attached hydrogen (secondary N) is 2. The molecule has 2 N–H and O–H groups in total. The van der Waals surface area contributed by atoms with Gasteiger partial charge in [-0.2, -0.15) is 0 Å². The highest BCUT2D eigenvalue weighted by Gasteiger charge is 2.22.